The lowest BCUT2D eigenvalue weighted by Crippen LogP contribution is -2.24. The second-order valence-electron chi connectivity index (χ2n) is 7.35. The van der Waals surface area contributed by atoms with E-state index < -0.39 is 12.1 Å². The van der Waals surface area contributed by atoms with Crippen molar-refractivity contribution in [3.05, 3.63) is 77.5 Å². The van der Waals surface area contributed by atoms with Crippen LogP contribution in [0.25, 0.3) is 10.9 Å². The third-order valence-electron chi connectivity index (χ3n) is 5.29. The molecule has 0 radical (unpaired) electrons. The minimum atomic E-state index is -0.684. The van der Waals surface area contributed by atoms with Gasteiger partial charge in [-0.1, -0.05) is 24.8 Å². The molecule has 31 heavy (non-hydrogen) atoms. The van der Waals surface area contributed by atoms with Gasteiger partial charge in [0.25, 0.3) is 0 Å². The second-order valence-corrected chi connectivity index (χ2v) is 7.35. The highest BCUT2D eigenvalue weighted by atomic mass is 16.6. The van der Waals surface area contributed by atoms with Crippen LogP contribution in [-0.2, 0) is 20.8 Å². The lowest BCUT2D eigenvalue weighted by atomic mass is 10.1. The fourth-order valence-corrected chi connectivity index (χ4v) is 3.52. The zero-order valence-corrected chi connectivity index (χ0v) is 18.3. The van der Waals surface area contributed by atoms with Gasteiger partial charge in [0.2, 0.25) is 0 Å². The van der Waals surface area contributed by atoms with Crippen LogP contribution < -0.4 is 4.74 Å². The summed E-state index contributed by atoms with van der Waals surface area (Å²) in [6, 6.07) is 13.2. The minimum absolute atomic E-state index is 0.183. The van der Waals surface area contributed by atoms with Crippen molar-refractivity contribution in [1.82, 2.24) is 4.57 Å². The maximum absolute atomic E-state index is 12.2. The van der Waals surface area contributed by atoms with Crippen LogP contribution in [0.3, 0.4) is 0 Å². The van der Waals surface area contributed by atoms with Gasteiger partial charge in [-0.3, -0.25) is 0 Å². The van der Waals surface area contributed by atoms with E-state index in [-0.39, 0.29) is 12.6 Å². The van der Waals surface area contributed by atoms with Crippen LogP contribution in [0.5, 0.6) is 5.75 Å². The summed E-state index contributed by atoms with van der Waals surface area (Å²) in [5, 5.41) is 1.01. The Hall–Kier alpha value is -3.54. The van der Waals surface area contributed by atoms with Crippen molar-refractivity contribution in [2.75, 3.05) is 13.7 Å². The normalized spacial score (nSPS) is 11.7. The summed E-state index contributed by atoms with van der Waals surface area (Å²) in [6.07, 6.45) is 0.863. The van der Waals surface area contributed by atoms with E-state index in [0.29, 0.717) is 17.9 Å². The molecule has 0 saturated carbocycles. The molecule has 1 aromatic heterocycles. The predicted molar refractivity (Wildman–Crippen MR) is 120 cm³/mol. The number of ether oxygens (including phenoxy) is 3. The molecular formula is C25H27NO5. The van der Waals surface area contributed by atoms with Gasteiger partial charge in [0.15, 0.2) is 6.10 Å². The predicted octanol–water partition coefficient (Wildman–Crippen LogP) is 4.59. The van der Waals surface area contributed by atoms with Gasteiger partial charge in [0.1, 0.15) is 12.4 Å². The smallest absolute Gasteiger partial charge is 0.346 e. The number of carbonyl (C=O) groups excluding carboxylic acids is 2. The Morgan fingerprint density at radius 2 is 1.94 bits per heavy atom. The molecule has 3 rings (SSSR count). The summed E-state index contributed by atoms with van der Waals surface area (Å²) < 4.78 is 17.8. The Morgan fingerprint density at radius 1 is 1.16 bits per heavy atom. The summed E-state index contributed by atoms with van der Waals surface area (Å²) in [5.74, 6) is -0.180. The fourth-order valence-electron chi connectivity index (χ4n) is 3.52. The second kappa shape index (κ2) is 9.51. The highest BCUT2D eigenvalue weighted by Crippen LogP contribution is 2.28. The first-order valence-electron chi connectivity index (χ1n) is 10.1. The minimum Gasteiger partial charge on any atom is -0.479 e. The largest absolute Gasteiger partial charge is 0.479 e. The first-order valence-corrected chi connectivity index (χ1v) is 10.1. The van der Waals surface area contributed by atoms with E-state index in [4.69, 9.17) is 14.2 Å². The summed E-state index contributed by atoms with van der Waals surface area (Å²) >= 11 is 0. The molecule has 3 aromatic rings. The molecule has 0 saturated heterocycles. The Kier molecular flexibility index (Phi) is 6.80. The molecule has 0 fully saturated rings. The lowest BCUT2D eigenvalue weighted by molar-refractivity contribution is -0.147. The summed E-state index contributed by atoms with van der Waals surface area (Å²) in [4.78, 5) is 23.8. The number of esters is 2. The van der Waals surface area contributed by atoms with Crippen molar-refractivity contribution in [2.45, 2.75) is 33.4 Å². The first kappa shape index (κ1) is 22.2. The van der Waals surface area contributed by atoms with Gasteiger partial charge in [0.05, 0.1) is 12.7 Å². The Morgan fingerprint density at radius 3 is 2.65 bits per heavy atom. The topological polar surface area (TPSA) is 66.8 Å². The summed E-state index contributed by atoms with van der Waals surface area (Å²) in [6.45, 7) is 10.1. The van der Waals surface area contributed by atoms with E-state index in [1.54, 1.807) is 19.1 Å². The standard InChI is InChI=1S/C25H27NO5/c1-6-12-30-25(28)20-10-11-23-22(14-20)16(2)17(3)26(23)15-19-8-7-9-21(13-19)31-18(4)24(27)29-5/h6-11,13-14,18H,1,12,15H2,2-5H3/t18-/m1/s1. The SMILES string of the molecule is C=CCOC(=O)c1ccc2c(c1)c(C)c(C)n2Cc1cccc(O[C@H](C)C(=O)OC)c1. The van der Waals surface area contributed by atoms with Gasteiger partial charge in [-0.25, -0.2) is 9.59 Å². The van der Waals surface area contributed by atoms with E-state index in [1.807, 2.05) is 43.3 Å². The van der Waals surface area contributed by atoms with Crippen molar-refractivity contribution in [2.24, 2.45) is 0 Å². The number of aromatic nitrogens is 1. The molecule has 0 aliphatic heterocycles. The quantitative estimate of drug-likeness (QED) is 0.393. The van der Waals surface area contributed by atoms with Crippen molar-refractivity contribution >= 4 is 22.8 Å². The maximum Gasteiger partial charge on any atom is 0.346 e. The summed E-state index contributed by atoms with van der Waals surface area (Å²) in [7, 11) is 1.34. The Labute approximate surface area is 182 Å². The molecular weight excluding hydrogens is 394 g/mol. The number of benzene rings is 2. The lowest BCUT2D eigenvalue weighted by Gasteiger charge is -2.14. The van der Waals surface area contributed by atoms with E-state index >= 15 is 0 Å². The summed E-state index contributed by atoms with van der Waals surface area (Å²) in [5.41, 5.74) is 4.80. The van der Waals surface area contributed by atoms with Crippen LogP contribution >= 0.6 is 0 Å². The van der Waals surface area contributed by atoms with Crippen molar-refractivity contribution < 1.29 is 23.8 Å². The number of methoxy groups -OCH3 is 1. The van der Waals surface area contributed by atoms with Crippen LogP contribution in [0.1, 0.15) is 34.1 Å². The highest BCUT2D eigenvalue weighted by Gasteiger charge is 2.17. The van der Waals surface area contributed by atoms with Crippen molar-refractivity contribution in [3.63, 3.8) is 0 Å². The molecule has 0 aliphatic rings. The van der Waals surface area contributed by atoms with Gasteiger partial charge in [-0.2, -0.15) is 0 Å². The van der Waals surface area contributed by atoms with Crippen LogP contribution in [0, 0.1) is 13.8 Å². The van der Waals surface area contributed by atoms with Crippen molar-refractivity contribution in [3.8, 4) is 5.75 Å². The van der Waals surface area contributed by atoms with Crippen LogP contribution in [0.4, 0.5) is 0 Å². The van der Waals surface area contributed by atoms with E-state index in [1.165, 1.54) is 7.11 Å². The van der Waals surface area contributed by atoms with Crippen LogP contribution in [-0.4, -0.2) is 36.3 Å². The molecule has 0 N–H and O–H groups in total. The molecule has 6 nitrogen and oxygen atoms in total. The van der Waals surface area contributed by atoms with Crippen LogP contribution in [0.15, 0.2) is 55.1 Å². The zero-order chi connectivity index (χ0) is 22.5. The monoisotopic (exact) mass is 421 g/mol. The highest BCUT2D eigenvalue weighted by molar-refractivity contribution is 5.96. The molecule has 0 bridgehead atoms. The number of hydrogen-bond donors (Lipinski definition) is 0. The molecule has 2 aromatic carbocycles. The van der Waals surface area contributed by atoms with E-state index in [2.05, 4.69) is 18.1 Å². The van der Waals surface area contributed by atoms with Gasteiger partial charge >= 0.3 is 11.9 Å². The molecule has 6 heteroatoms. The average Bonchev–Trinajstić information content (AvgIpc) is 3.01. The number of fused-ring (bicyclic) bond motifs is 1. The van der Waals surface area contributed by atoms with Crippen LogP contribution in [0.2, 0.25) is 0 Å². The molecule has 0 spiro atoms. The zero-order valence-electron chi connectivity index (χ0n) is 18.3. The number of hydrogen-bond acceptors (Lipinski definition) is 5. The van der Waals surface area contributed by atoms with Gasteiger partial charge < -0.3 is 18.8 Å². The molecule has 162 valence electrons. The Balaban J connectivity index is 1.89. The van der Waals surface area contributed by atoms with Crippen molar-refractivity contribution in [1.29, 1.82) is 0 Å². The molecule has 0 amide bonds. The van der Waals surface area contributed by atoms with Gasteiger partial charge in [-0.15, -0.1) is 0 Å². The number of carbonyl (C=O) groups is 2. The average molecular weight is 421 g/mol. The number of aryl methyl sites for hydroxylation is 1. The van der Waals surface area contributed by atoms with Gasteiger partial charge in [-0.05, 0) is 62.2 Å². The van der Waals surface area contributed by atoms with Gasteiger partial charge in [0, 0.05) is 23.1 Å². The molecule has 1 atom stereocenters. The third kappa shape index (κ3) is 4.79. The molecule has 0 aliphatic carbocycles. The molecule has 1 heterocycles. The maximum atomic E-state index is 12.2. The number of nitrogens with zero attached hydrogens (tertiary/aromatic N) is 1. The first-order chi connectivity index (χ1) is 14.8. The fraction of sp³-hybridized carbons (Fsp3) is 0.280. The third-order valence-corrected chi connectivity index (χ3v) is 5.29. The van der Waals surface area contributed by atoms with E-state index in [9.17, 15) is 9.59 Å². The van der Waals surface area contributed by atoms with E-state index in [0.717, 1.165) is 27.7 Å². The number of rotatable bonds is 8. The Bertz CT molecular complexity index is 1130. The molecule has 0 unspecified atom stereocenters.